The molecule has 1 aliphatic heterocycles. The van der Waals surface area contributed by atoms with Gasteiger partial charge in [0, 0.05) is 18.0 Å². The number of benzene rings is 1. The van der Waals surface area contributed by atoms with Crippen LogP contribution < -0.4 is 5.32 Å². The Morgan fingerprint density at radius 2 is 2.19 bits per heavy atom. The Kier molecular flexibility index (Phi) is 5.36. The molecule has 0 bridgehead atoms. The van der Waals surface area contributed by atoms with Gasteiger partial charge in [-0.25, -0.2) is 18.0 Å². The van der Waals surface area contributed by atoms with Crippen LogP contribution in [0.1, 0.15) is 19.3 Å². The lowest BCUT2D eigenvalue weighted by molar-refractivity contribution is -0.149. The molecule has 1 saturated carbocycles. The smallest absolute Gasteiger partial charge is 0.321 e. The third kappa shape index (κ3) is 3.62. The lowest BCUT2D eigenvalue weighted by Crippen LogP contribution is -2.38. The highest BCUT2D eigenvalue weighted by molar-refractivity contribution is 7.99. The first-order chi connectivity index (χ1) is 12.3. The number of carboxylic acid groups (broad SMARTS) is 1. The maximum absolute atomic E-state index is 13.5. The number of anilines is 1. The molecule has 5 nitrogen and oxygen atoms in total. The summed E-state index contributed by atoms with van der Waals surface area (Å²) in [6.07, 6.45) is -0.412. The Hall–Kier alpha value is -1.90. The highest BCUT2D eigenvalue weighted by Crippen LogP contribution is 2.49. The van der Waals surface area contributed by atoms with E-state index in [0.29, 0.717) is 17.9 Å². The summed E-state index contributed by atoms with van der Waals surface area (Å²) in [4.78, 5) is 26.0. The number of nitrogens with zero attached hydrogens (tertiary/aromatic N) is 1. The number of halogens is 3. The van der Waals surface area contributed by atoms with Crippen molar-refractivity contribution >= 4 is 29.4 Å². The van der Waals surface area contributed by atoms with Crippen LogP contribution in [0.25, 0.3) is 0 Å². The predicted octanol–water partition coefficient (Wildman–Crippen LogP) is 3.90. The first kappa shape index (κ1) is 18.9. The van der Waals surface area contributed by atoms with Crippen LogP contribution in [-0.4, -0.2) is 47.3 Å². The van der Waals surface area contributed by atoms with Gasteiger partial charge in [0.25, 0.3) is 0 Å². The summed E-state index contributed by atoms with van der Waals surface area (Å²) in [6, 6.07) is 3.03. The molecule has 1 aromatic carbocycles. The summed E-state index contributed by atoms with van der Waals surface area (Å²) in [7, 11) is 0. The van der Waals surface area contributed by atoms with Gasteiger partial charge < -0.3 is 15.3 Å². The average molecular weight is 388 g/mol. The molecule has 0 spiro atoms. The number of likely N-dealkylation sites (tertiary alicyclic amines) is 1. The van der Waals surface area contributed by atoms with Crippen molar-refractivity contribution in [2.24, 2.45) is 11.3 Å². The maximum atomic E-state index is 13.5. The minimum absolute atomic E-state index is 0.0917. The second-order valence-corrected chi connectivity index (χ2v) is 7.77. The quantitative estimate of drug-likeness (QED) is 0.751. The number of aliphatic carboxylic acids is 1. The summed E-state index contributed by atoms with van der Waals surface area (Å²) in [5, 5.41) is 12.1. The van der Waals surface area contributed by atoms with Gasteiger partial charge in [0.2, 0.25) is 6.43 Å². The second kappa shape index (κ2) is 7.38. The van der Waals surface area contributed by atoms with Crippen LogP contribution >= 0.6 is 11.8 Å². The lowest BCUT2D eigenvalue weighted by atomic mass is 9.81. The number of hydrogen-bond donors (Lipinski definition) is 2. The van der Waals surface area contributed by atoms with E-state index in [1.54, 1.807) is 0 Å². The number of fused-ring (bicyclic) bond motifs is 1. The fraction of sp³-hybridized carbons (Fsp3) is 0.529. The number of thioether (sulfide) groups is 1. The number of urea groups is 1. The first-order valence-electron chi connectivity index (χ1n) is 8.31. The van der Waals surface area contributed by atoms with Gasteiger partial charge in [0.05, 0.1) is 16.9 Å². The monoisotopic (exact) mass is 388 g/mol. The number of carbonyl (C=O) groups is 2. The van der Waals surface area contributed by atoms with Gasteiger partial charge in [0.15, 0.2) is 0 Å². The number of hydrogen-bond acceptors (Lipinski definition) is 3. The molecule has 26 heavy (non-hydrogen) atoms. The molecule has 1 aliphatic carbocycles. The standard InChI is InChI=1S/C17H19F3N2O3S/c18-11-3-4-13(26-8-14(19)20)12(6-11)21-16(25)22-7-10-2-1-5-17(10,9-22)15(23)24/h3-4,6,10,14H,1-2,5,7-9H2,(H,21,25)(H,23,24)/t10-,17+/m0/s1. The average Bonchev–Trinajstić information content (AvgIpc) is 3.12. The Labute approximate surface area is 152 Å². The van der Waals surface area contributed by atoms with E-state index in [2.05, 4.69) is 5.32 Å². The summed E-state index contributed by atoms with van der Waals surface area (Å²) >= 11 is 0.825. The Bertz CT molecular complexity index is 718. The van der Waals surface area contributed by atoms with Gasteiger partial charge in [-0.05, 0) is 37.0 Å². The van der Waals surface area contributed by atoms with Crippen molar-refractivity contribution in [3.05, 3.63) is 24.0 Å². The van der Waals surface area contributed by atoms with Crippen LogP contribution in [0.4, 0.5) is 23.7 Å². The topological polar surface area (TPSA) is 69.6 Å². The van der Waals surface area contributed by atoms with E-state index in [9.17, 15) is 27.9 Å². The normalized spacial score (nSPS) is 24.8. The van der Waals surface area contributed by atoms with Crippen molar-refractivity contribution in [1.82, 2.24) is 4.90 Å². The molecule has 0 unspecified atom stereocenters. The summed E-state index contributed by atoms with van der Waals surface area (Å²) in [5.41, 5.74) is -0.797. The lowest BCUT2D eigenvalue weighted by Gasteiger charge is -2.23. The summed E-state index contributed by atoms with van der Waals surface area (Å²) < 4.78 is 38.4. The largest absolute Gasteiger partial charge is 0.481 e. The third-order valence-electron chi connectivity index (χ3n) is 5.13. The number of nitrogens with one attached hydrogen (secondary N) is 1. The van der Waals surface area contributed by atoms with Crippen LogP contribution in [0.15, 0.2) is 23.1 Å². The maximum Gasteiger partial charge on any atom is 0.321 e. The fourth-order valence-corrected chi connectivity index (χ4v) is 4.60. The SMILES string of the molecule is O=C(Nc1cc(F)ccc1SCC(F)F)N1C[C@@H]2CCC[C@@]2(C(=O)O)C1. The minimum Gasteiger partial charge on any atom is -0.481 e. The fourth-order valence-electron chi connectivity index (χ4n) is 3.87. The van der Waals surface area contributed by atoms with E-state index in [0.717, 1.165) is 36.7 Å². The van der Waals surface area contributed by atoms with Crippen LogP contribution in [0.5, 0.6) is 0 Å². The van der Waals surface area contributed by atoms with E-state index in [1.807, 2.05) is 0 Å². The van der Waals surface area contributed by atoms with Gasteiger partial charge in [-0.1, -0.05) is 6.42 Å². The van der Waals surface area contributed by atoms with E-state index in [1.165, 1.54) is 11.0 Å². The number of carboxylic acids is 1. The Morgan fingerprint density at radius 1 is 1.42 bits per heavy atom. The van der Waals surface area contributed by atoms with E-state index in [4.69, 9.17) is 0 Å². The Balaban J connectivity index is 1.73. The van der Waals surface area contributed by atoms with Crippen molar-refractivity contribution in [3.63, 3.8) is 0 Å². The zero-order valence-corrected chi connectivity index (χ0v) is 14.7. The first-order valence-corrected chi connectivity index (χ1v) is 9.30. The van der Waals surface area contributed by atoms with Crippen LogP contribution in [0.2, 0.25) is 0 Å². The molecule has 1 heterocycles. The zero-order valence-electron chi connectivity index (χ0n) is 13.9. The second-order valence-electron chi connectivity index (χ2n) is 6.70. The molecular weight excluding hydrogens is 369 g/mol. The van der Waals surface area contributed by atoms with Crippen molar-refractivity contribution in [2.45, 2.75) is 30.6 Å². The van der Waals surface area contributed by atoms with E-state index in [-0.39, 0.29) is 18.2 Å². The number of carbonyl (C=O) groups excluding carboxylic acids is 1. The summed E-state index contributed by atoms with van der Waals surface area (Å²) in [6.45, 7) is 0.431. The number of amides is 2. The molecule has 9 heteroatoms. The molecule has 0 aromatic heterocycles. The molecular formula is C17H19F3N2O3S. The molecule has 2 fully saturated rings. The van der Waals surface area contributed by atoms with Crippen molar-refractivity contribution in [2.75, 3.05) is 24.2 Å². The van der Waals surface area contributed by atoms with Crippen molar-refractivity contribution in [3.8, 4) is 0 Å². The Morgan fingerprint density at radius 3 is 2.85 bits per heavy atom. The molecule has 2 atom stereocenters. The molecule has 2 aliphatic rings. The van der Waals surface area contributed by atoms with Gasteiger partial charge in [-0.3, -0.25) is 4.79 Å². The van der Waals surface area contributed by atoms with Gasteiger partial charge >= 0.3 is 12.0 Å². The minimum atomic E-state index is -2.53. The van der Waals surface area contributed by atoms with Crippen molar-refractivity contribution in [1.29, 1.82) is 0 Å². The van der Waals surface area contributed by atoms with Crippen LogP contribution in [-0.2, 0) is 4.79 Å². The highest BCUT2D eigenvalue weighted by Gasteiger charge is 2.55. The zero-order chi connectivity index (χ0) is 18.9. The van der Waals surface area contributed by atoms with E-state index >= 15 is 0 Å². The number of alkyl halides is 2. The molecule has 142 valence electrons. The third-order valence-corrected chi connectivity index (χ3v) is 6.22. The highest BCUT2D eigenvalue weighted by atomic mass is 32.2. The van der Waals surface area contributed by atoms with Gasteiger partial charge in [-0.2, -0.15) is 0 Å². The van der Waals surface area contributed by atoms with Crippen molar-refractivity contribution < 1.29 is 27.9 Å². The van der Waals surface area contributed by atoms with Crippen LogP contribution in [0.3, 0.4) is 0 Å². The van der Waals surface area contributed by atoms with Gasteiger partial charge in [-0.15, -0.1) is 11.8 Å². The van der Waals surface area contributed by atoms with Gasteiger partial charge in [0.1, 0.15) is 5.82 Å². The molecule has 1 saturated heterocycles. The number of rotatable bonds is 5. The predicted molar refractivity (Wildman–Crippen MR) is 91.1 cm³/mol. The molecule has 2 N–H and O–H groups in total. The molecule has 2 amide bonds. The van der Waals surface area contributed by atoms with Crippen LogP contribution in [0, 0.1) is 17.2 Å². The van der Waals surface area contributed by atoms with E-state index < -0.39 is 35.4 Å². The molecule has 3 rings (SSSR count). The molecule has 1 aromatic rings. The molecule has 0 radical (unpaired) electrons. The summed E-state index contributed by atoms with van der Waals surface area (Å²) in [5.74, 6) is -2.05.